The van der Waals surface area contributed by atoms with Crippen LogP contribution >= 0.6 is 0 Å². The molecule has 0 heterocycles. The standard InChI is InChI=1S/C28H38F3N7O5/c29-28(30,31)43-21-8-6-19(7-9-21)17-36-25(40)22(20-4-2-1-3-5-20)10-13-35-24(39)18-37-26(41)23(16-34)27(42)38(14-11-32)15-12-33/h1-9,22-23H,10-18,32-34H2,(H,35,39)(H,36,40)(H,37,41). The van der Waals surface area contributed by atoms with Crippen molar-refractivity contribution in [2.24, 2.45) is 23.1 Å². The molecule has 9 N–H and O–H groups in total. The quantitative estimate of drug-likeness (QED) is 0.134. The van der Waals surface area contributed by atoms with E-state index in [1.165, 1.54) is 17.0 Å². The highest BCUT2D eigenvalue weighted by molar-refractivity contribution is 6.01. The molecule has 0 aliphatic heterocycles. The van der Waals surface area contributed by atoms with Crippen molar-refractivity contribution < 1.29 is 37.1 Å². The number of carbonyl (C=O) groups is 4. The van der Waals surface area contributed by atoms with Crippen molar-refractivity contribution in [3.63, 3.8) is 0 Å². The van der Waals surface area contributed by atoms with Crippen LogP contribution in [0.1, 0.15) is 23.5 Å². The maximum atomic E-state index is 13.1. The van der Waals surface area contributed by atoms with Gasteiger partial charge in [-0.3, -0.25) is 19.2 Å². The second kappa shape index (κ2) is 17.7. The second-order valence-corrected chi connectivity index (χ2v) is 9.42. The first-order chi connectivity index (χ1) is 20.5. The van der Waals surface area contributed by atoms with Gasteiger partial charge >= 0.3 is 6.36 Å². The van der Waals surface area contributed by atoms with E-state index in [4.69, 9.17) is 17.2 Å². The van der Waals surface area contributed by atoms with Gasteiger partial charge < -0.3 is 42.8 Å². The zero-order valence-electron chi connectivity index (χ0n) is 23.6. The van der Waals surface area contributed by atoms with Crippen molar-refractivity contribution in [3.05, 3.63) is 65.7 Å². The molecule has 0 aromatic heterocycles. The van der Waals surface area contributed by atoms with Crippen LogP contribution in [0.4, 0.5) is 13.2 Å². The summed E-state index contributed by atoms with van der Waals surface area (Å²) in [7, 11) is 0. The molecule has 12 nitrogen and oxygen atoms in total. The van der Waals surface area contributed by atoms with E-state index in [2.05, 4.69) is 20.7 Å². The van der Waals surface area contributed by atoms with E-state index in [0.717, 1.165) is 12.1 Å². The number of alkyl halides is 3. The first kappa shape index (κ1) is 35.0. The number of amides is 4. The zero-order chi connectivity index (χ0) is 31.8. The molecule has 0 radical (unpaired) electrons. The Morgan fingerprint density at radius 1 is 0.837 bits per heavy atom. The normalized spacial score (nSPS) is 12.5. The number of ether oxygens (including phenoxy) is 1. The third kappa shape index (κ3) is 12.3. The van der Waals surface area contributed by atoms with Gasteiger partial charge in [0, 0.05) is 45.8 Å². The van der Waals surface area contributed by atoms with Crippen LogP contribution in [0.2, 0.25) is 0 Å². The summed E-state index contributed by atoms with van der Waals surface area (Å²) in [6.45, 7) is 0.252. The minimum atomic E-state index is -4.80. The third-order valence-corrected chi connectivity index (χ3v) is 6.28. The molecule has 236 valence electrons. The summed E-state index contributed by atoms with van der Waals surface area (Å²) in [4.78, 5) is 52.1. The third-order valence-electron chi connectivity index (χ3n) is 6.28. The fourth-order valence-corrected chi connectivity index (χ4v) is 4.15. The Labute approximate surface area is 247 Å². The molecular weight excluding hydrogens is 571 g/mol. The maximum Gasteiger partial charge on any atom is 0.573 e. The Bertz CT molecular complexity index is 1180. The summed E-state index contributed by atoms with van der Waals surface area (Å²) in [5.74, 6) is -4.36. The number of nitrogens with zero attached hydrogens (tertiary/aromatic N) is 1. The van der Waals surface area contributed by atoms with Crippen molar-refractivity contribution in [1.82, 2.24) is 20.9 Å². The van der Waals surface area contributed by atoms with Gasteiger partial charge in [-0.1, -0.05) is 42.5 Å². The molecule has 15 heteroatoms. The molecular formula is C28H38F3N7O5. The van der Waals surface area contributed by atoms with Gasteiger partial charge in [0.25, 0.3) is 0 Å². The maximum absolute atomic E-state index is 13.1. The summed E-state index contributed by atoms with van der Waals surface area (Å²) in [5, 5.41) is 7.82. The zero-order valence-corrected chi connectivity index (χ0v) is 23.6. The number of halogens is 3. The molecule has 0 fully saturated rings. The topological polar surface area (TPSA) is 195 Å². The number of nitrogens with two attached hydrogens (primary N) is 3. The highest BCUT2D eigenvalue weighted by atomic mass is 19.4. The van der Waals surface area contributed by atoms with Gasteiger partial charge in [0.1, 0.15) is 11.7 Å². The molecule has 43 heavy (non-hydrogen) atoms. The summed E-state index contributed by atoms with van der Waals surface area (Å²) < 4.78 is 41.0. The summed E-state index contributed by atoms with van der Waals surface area (Å²) in [6, 6.07) is 14.0. The van der Waals surface area contributed by atoms with E-state index in [1.54, 1.807) is 30.3 Å². The Kier molecular flexibility index (Phi) is 14.4. The van der Waals surface area contributed by atoms with Crippen molar-refractivity contribution in [3.8, 4) is 5.75 Å². The van der Waals surface area contributed by atoms with Crippen LogP contribution in [-0.4, -0.2) is 80.7 Å². The number of carbonyl (C=O) groups excluding carboxylic acids is 4. The molecule has 4 amide bonds. The number of benzene rings is 2. The Hall–Kier alpha value is -4.21. The fourth-order valence-electron chi connectivity index (χ4n) is 4.15. The van der Waals surface area contributed by atoms with E-state index < -0.39 is 42.5 Å². The van der Waals surface area contributed by atoms with E-state index >= 15 is 0 Å². The van der Waals surface area contributed by atoms with E-state index in [-0.39, 0.29) is 63.9 Å². The second-order valence-electron chi connectivity index (χ2n) is 9.42. The number of hydrogen-bond donors (Lipinski definition) is 6. The van der Waals surface area contributed by atoms with Crippen molar-refractivity contribution in [1.29, 1.82) is 0 Å². The average Bonchev–Trinajstić information content (AvgIpc) is 2.97. The lowest BCUT2D eigenvalue weighted by Crippen LogP contribution is -2.50. The van der Waals surface area contributed by atoms with Gasteiger partial charge in [0.15, 0.2) is 0 Å². The van der Waals surface area contributed by atoms with Gasteiger partial charge in [-0.15, -0.1) is 13.2 Å². The van der Waals surface area contributed by atoms with Gasteiger partial charge in [0.2, 0.25) is 23.6 Å². The lowest BCUT2D eigenvalue weighted by molar-refractivity contribution is -0.274. The van der Waals surface area contributed by atoms with Crippen LogP contribution in [0.15, 0.2) is 54.6 Å². The van der Waals surface area contributed by atoms with Crippen LogP contribution in [-0.2, 0) is 25.7 Å². The smallest absolute Gasteiger partial charge is 0.406 e. The van der Waals surface area contributed by atoms with Gasteiger partial charge in [0.05, 0.1) is 12.5 Å². The van der Waals surface area contributed by atoms with Crippen LogP contribution in [0, 0.1) is 5.92 Å². The Balaban J connectivity index is 1.90. The molecule has 0 bridgehead atoms. The lowest BCUT2D eigenvalue weighted by Gasteiger charge is -2.25. The molecule has 0 spiro atoms. The fraction of sp³-hybridized carbons (Fsp3) is 0.429. The molecule has 2 rings (SSSR count). The predicted octanol–water partition coefficient (Wildman–Crippen LogP) is -0.0714. The lowest BCUT2D eigenvalue weighted by atomic mass is 9.94. The average molecular weight is 610 g/mol. The minimum Gasteiger partial charge on any atom is -0.406 e. The highest BCUT2D eigenvalue weighted by Crippen LogP contribution is 2.23. The predicted molar refractivity (Wildman–Crippen MR) is 152 cm³/mol. The van der Waals surface area contributed by atoms with Crippen LogP contribution in [0.3, 0.4) is 0 Å². The Morgan fingerprint density at radius 2 is 1.47 bits per heavy atom. The first-order valence-corrected chi connectivity index (χ1v) is 13.6. The number of rotatable bonds is 17. The van der Waals surface area contributed by atoms with Crippen LogP contribution in [0.5, 0.6) is 5.75 Å². The molecule has 0 aliphatic carbocycles. The molecule has 2 aromatic rings. The van der Waals surface area contributed by atoms with Gasteiger partial charge in [-0.2, -0.15) is 0 Å². The molecule has 2 aromatic carbocycles. The van der Waals surface area contributed by atoms with E-state index in [0.29, 0.717) is 11.1 Å². The minimum absolute atomic E-state index is 0.0574. The van der Waals surface area contributed by atoms with Crippen LogP contribution in [0.25, 0.3) is 0 Å². The number of hydrogen-bond acceptors (Lipinski definition) is 8. The number of nitrogens with one attached hydrogen (secondary N) is 3. The van der Waals surface area contributed by atoms with E-state index in [9.17, 15) is 32.3 Å². The molecule has 0 aliphatic rings. The van der Waals surface area contributed by atoms with Crippen molar-refractivity contribution >= 4 is 23.6 Å². The summed E-state index contributed by atoms with van der Waals surface area (Å²) in [5.41, 5.74) is 17.9. The Morgan fingerprint density at radius 3 is 2.02 bits per heavy atom. The van der Waals surface area contributed by atoms with Crippen molar-refractivity contribution in [2.75, 3.05) is 45.8 Å². The monoisotopic (exact) mass is 609 g/mol. The van der Waals surface area contributed by atoms with Crippen LogP contribution < -0.4 is 37.9 Å². The highest BCUT2D eigenvalue weighted by Gasteiger charge is 2.31. The van der Waals surface area contributed by atoms with Gasteiger partial charge in [-0.05, 0) is 29.7 Å². The molecule has 2 unspecified atom stereocenters. The first-order valence-electron chi connectivity index (χ1n) is 13.6. The van der Waals surface area contributed by atoms with E-state index in [1.807, 2.05) is 0 Å². The molecule has 0 saturated carbocycles. The molecule has 2 atom stereocenters. The summed E-state index contributed by atoms with van der Waals surface area (Å²) >= 11 is 0. The van der Waals surface area contributed by atoms with Gasteiger partial charge in [-0.25, -0.2) is 0 Å². The SMILES string of the molecule is NCCN(CCN)C(=O)C(CN)C(=O)NCC(=O)NCCC(C(=O)NCc1ccc(OC(F)(F)F)cc1)c1ccccc1. The largest absolute Gasteiger partial charge is 0.573 e. The van der Waals surface area contributed by atoms with Crippen molar-refractivity contribution in [2.45, 2.75) is 25.2 Å². The summed E-state index contributed by atoms with van der Waals surface area (Å²) in [6.07, 6.45) is -4.59. The molecule has 0 saturated heterocycles.